The SMILES string of the molecule is CCOC(=O)c1cc(NS(=O)(=O)/C=C/c2ccccc2)cc(C(=O)OCC)c1. The summed E-state index contributed by atoms with van der Waals surface area (Å²) in [6.07, 6.45) is 1.43. The molecular weight excluding hydrogens is 382 g/mol. The molecule has 0 saturated heterocycles. The molecule has 0 heterocycles. The molecule has 0 spiro atoms. The Hall–Kier alpha value is -3.13. The molecule has 0 saturated carbocycles. The van der Waals surface area contributed by atoms with Crippen LogP contribution >= 0.6 is 0 Å². The molecule has 7 nitrogen and oxygen atoms in total. The number of ether oxygens (including phenoxy) is 2. The highest BCUT2D eigenvalue weighted by Crippen LogP contribution is 2.19. The van der Waals surface area contributed by atoms with E-state index in [4.69, 9.17) is 9.47 Å². The fourth-order valence-corrected chi connectivity index (χ4v) is 3.13. The number of nitrogens with one attached hydrogen (secondary N) is 1. The van der Waals surface area contributed by atoms with E-state index in [-0.39, 0.29) is 30.0 Å². The van der Waals surface area contributed by atoms with Crippen molar-refractivity contribution in [3.8, 4) is 0 Å². The van der Waals surface area contributed by atoms with Gasteiger partial charge in [-0.1, -0.05) is 30.3 Å². The van der Waals surface area contributed by atoms with Crippen LogP contribution in [0.1, 0.15) is 40.1 Å². The predicted molar refractivity (Wildman–Crippen MR) is 106 cm³/mol. The molecule has 28 heavy (non-hydrogen) atoms. The van der Waals surface area contributed by atoms with E-state index < -0.39 is 22.0 Å². The van der Waals surface area contributed by atoms with Crippen LogP contribution in [0.4, 0.5) is 5.69 Å². The number of hydrogen-bond donors (Lipinski definition) is 1. The summed E-state index contributed by atoms with van der Waals surface area (Å²) >= 11 is 0. The van der Waals surface area contributed by atoms with Crippen molar-refractivity contribution in [1.29, 1.82) is 0 Å². The average molecular weight is 403 g/mol. The fraction of sp³-hybridized carbons (Fsp3) is 0.200. The van der Waals surface area contributed by atoms with E-state index in [9.17, 15) is 18.0 Å². The summed E-state index contributed by atoms with van der Waals surface area (Å²) in [6, 6.07) is 12.8. The van der Waals surface area contributed by atoms with Gasteiger partial charge in [-0.2, -0.15) is 0 Å². The topological polar surface area (TPSA) is 98.8 Å². The Balaban J connectivity index is 2.33. The Morgan fingerprint density at radius 2 is 1.46 bits per heavy atom. The van der Waals surface area contributed by atoms with E-state index in [1.807, 2.05) is 6.07 Å². The van der Waals surface area contributed by atoms with E-state index in [2.05, 4.69) is 4.72 Å². The summed E-state index contributed by atoms with van der Waals surface area (Å²) in [6.45, 7) is 3.57. The number of carbonyl (C=O) groups excluding carboxylic acids is 2. The zero-order valence-corrected chi connectivity index (χ0v) is 16.4. The van der Waals surface area contributed by atoms with E-state index in [0.717, 1.165) is 5.41 Å². The predicted octanol–water partition coefficient (Wildman–Crippen LogP) is 3.45. The van der Waals surface area contributed by atoms with Crippen LogP contribution in [-0.4, -0.2) is 33.6 Å². The van der Waals surface area contributed by atoms with Gasteiger partial charge in [-0.05, 0) is 43.7 Å². The van der Waals surface area contributed by atoms with Gasteiger partial charge in [0, 0.05) is 0 Å². The monoisotopic (exact) mass is 403 g/mol. The van der Waals surface area contributed by atoms with Crippen LogP contribution in [0.5, 0.6) is 0 Å². The maximum Gasteiger partial charge on any atom is 0.338 e. The molecule has 0 aliphatic carbocycles. The summed E-state index contributed by atoms with van der Waals surface area (Å²) < 4.78 is 36.9. The number of benzene rings is 2. The molecule has 0 aliphatic heterocycles. The summed E-state index contributed by atoms with van der Waals surface area (Å²) in [4.78, 5) is 24.1. The summed E-state index contributed by atoms with van der Waals surface area (Å²) in [5.74, 6) is -1.34. The molecule has 8 heteroatoms. The van der Waals surface area contributed by atoms with Gasteiger partial charge in [0.25, 0.3) is 10.0 Å². The smallest absolute Gasteiger partial charge is 0.338 e. The molecule has 0 unspecified atom stereocenters. The van der Waals surface area contributed by atoms with Crippen molar-refractivity contribution in [2.24, 2.45) is 0 Å². The Morgan fingerprint density at radius 1 is 0.929 bits per heavy atom. The molecule has 148 valence electrons. The van der Waals surface area contributed by atoms with Gasteiger partial charge in [-0.3, -0.25) is 4.72 Å². The Kier molecular flexibility index (Phi) is 7.34. The lowest BCUT2D eigenvalue weighted by atomic mass is 10.1. The van der Waals surface area contributed by atoms with Gasteiger partial charge in [-0.25, -0.2) is 18.0 Å². The first-order valence-corrected chi connectivity index (χ1v) is 10.1. The van der Waals surface area contributed by atoms with Crippen LogP contribution in [0.15, 0.2) is 53.9 Å². The highest BCUT2D eigenvalue weighted by atomic mass is 32.2. The molecule has 0 bridgehead atoms. The number of sulfonamides is 1. The minimum absolute atomic E-state index is 0.0390. The first kappa shape index (κ1) is 21.2. The van der Waals surface area contributed by atoms with Crippen LogP contribution in [0.3, 0.4) is 0 Å². The molecule has 0 radical (unpaired) electrons. The van der Waals surface area contributed by atoms with Crippen LogP contribution in [0, 0.1) is 0 Å². The van der Waals surface area contributed by atoms with Crippen LogP contribution in [0.2, 0.25) is 0 Å². The lowest BCUT2D eigenvalue weighted by Crippen LogP contribution is -2.13. The fourth-order valence-electron chi connectivity index (χ4n) is 2.28. The highest BCUT2D eigenvalue weighted by molar-refractivity contribution is 7.95. The van der Waals surface area contributed by atoms with Crippen molar-refractivity contribution in [2.45, 2.75) is 13.8 Å². The van der Waals surface area contributed by atoms with Gasteiger partial charge in [-0.15, -0.1) is 0 Å². The zero-order chi connectivity index (χ0) is 20.6. The maximum atomic E-state index is 12.4. The van der Waals surface area contributed by atoms with Gasteiger partial charge in [0.1, 0.15) is 0 Å². The molecule has 2 rings (SSSR count). The van der Waals surface area contributed by atoms with Crippen molar-refractivity contribution in [2.75, 3.05) is 17.9 Å². The van der Waals surface area contributed by atoms with Gasteiger partial charge in [0.2, 0.25) is 0 Å². The molecule has 0 amide bonds. The lowest BCUT2D eigenvalue weighted by Gasteiger charge is -2.10. The van der Waals surface area contributed by atoms with Gasteiger partial charge in [0.05, 0.1) is 35.4 Å². The normalized spacial score (nSPS) is 11.2. The standard InChI is InChI=1S/C20H21NO6S/c1-3-26-19(22)16-12-17(20(23)27-4-2)14-18(13-16)21-28(24,25)11-10-15-8-6-5-7-9-15/h5-14,21H,3-4H2,1-2H3/b11-10+. The third-order valence-electron chi connectivity index (χ3n) is 3.45. The number of hydrogen-bond acceptors (Lipinski definition) is 6. The lowest BCUT2D eigenvalue weighted by molar-refractivity contribution is 0.0525. The Morgan fingerprint density at radius 3 is 1.96 bits per heavy atom. The minimum Gasteiger partial charge on any atom is -0.462 e. The number of esters is 2. The second kappa shape index (κ2) is 9.70. The molecule has 0 fully saturated rings. The Labute approximate surface area is 164 Å². The first-order valence-electron chi connectivity index (χ1n) is 8.60. The quantitative estimate of drug-likeness (QED) is 0.678. The van der Waals surface area contributed by atoms with Crippen molar-refractivity contribution in [1.82, 2.24) is 0 Å². The van der Waals surface area contributed by atoms with Crippen LogP contribution in [0.25, 0.3) is 6.08 Å². The van der Waals surface area contributed by atoms with E-state index in [1.54, 1.807) is 38.1 Å². The number of rotatable bonds is 8. The molecule has 1 N–H and O–H groups in total. The number of anilines is 1. The van der Waals surface area contributed by atoms with Crippen LogP contribution in [-0.2, 0) is 19.5 Å². The second-order valence-corrected chi connectivity index (χ2v) is 7.17. The number of carbonyl (C=O) groups is 2. The van der Waals surface area contributed by atoms with Crippen molar-refractivity contribution in [3.05, 3.63) is 70.6 Å². The second-order valence-electron chi connectivity index (χ2n) is 5.60. The van der Waals surface area contributed by atoms with Crippen molar-refractivity contribution < 1.29 is 27.5 Å². The maximum absolute atomic E-state index is 12.4. The molecule has 0 aromatic heterocycles. The van der Waals surface area contributed by atoms with Gasteiger partial charge < -0.3 is 9.47 Å². The van der Waals surface area contributed by atoms with E-state index in [1.165, 1.54) is 24.3 Å². The highest BCUT2D eigenvalue weighted by Gasteiger charge is 2.16. The molecule has 0 aliphatic rings. The van der Waals surface area contributed by atoms with Crippen molar-refractivity contribution >= 4 is 33.7 Å². The molecule has 0 atom stereocenters. The zero-order valence-electron chi connectivity index (χ0n) is 15.5. The summed E-state index contributed by atoms with van der Waals surface area (Å²) in [5.41, 5.74) is 0.834. The van der Waals surface area contributed by atoms with E-state index in [0.29, 0.717) is 5.56 Å². The van der Waals surface area contributed by atoms with Crippen LogP contribution < -0.4 is 4.72 Å². The largest absolute Gasteiger partial charge is 0.462 e. The molecule has 2 aromatic rings. The van der Waals surface area contributed by atoms with Crippen molar-refractivity contribution in [3.63, 3.8) is 0 Å². The third-order valence-corrected chi connectivity index (χ3v) is 4.47. The van der Waals surface area contributed by atoms with E-state index >= 15 is 0 Å². The molecule has 2 aromatic carbocycles. The third kappa shape index (κ3) is 6.24. The minimum atomic E-state index is -3.88. The average Bonchev–Trinajstić information content (AvgIpc) is 2.67. The van der Waals surface area contributed by atoms with Gasteiger partial charge >= 0.3 is 11.9 Å². The summed E-state index contributed by atoms with van der Waals surface area (Å²) in [5, 5.41) is 1.00. The Bertz CT molecular complexity index is 931. The molecular formula is C20H21NO6S. The van der Waals surface area contributed by atoms with Gasteiger partial charge in [0.15, 0.2) is 0 Å². The summed E-state index contributed by atoms with van der Waals surface area (Å²) in [7, 11) is -3.88. The first-order chi connectivity index (χ1) is 13.3.